The Hall–Kier alpha value is -3.80. The van der Waals surface area contributed by atoms with Gasteiger partial charge in [-0.1, -0.05) is 63.2 Å². The van der Waals surface area contributed by atoms with Gasteiger partial charge in [0.25, 0.3) is 0 Å². The highest BCUT2D eigenvalue weighted by molar-refractivity contribution is 5.97. The van der Waals surface area contributed by atoms with E-state index < -0.39 is 11.0 Å². The van der Waals surface area contributed by atoms with Crippen LogP contribution in [-0.4, -0.2) is 20.5 Å². The van der Waals surface area contributed by atoms with Gasteiger partial charge in [-0.3, -0.25) is 4.79 Å². The molecule has 4 aromatic rings. The Balaban J connectivity index is 1.89. The lowest BCUT2D eigenvalue weighted by molar-refractivity contribution is -0.132. The second-order valence-electron chi connectivity index (χ2n) is 8.58. The molecular weight excluding hydrogens is 405 g/mol. The van der Waals surface area contributed by atoms with E-state index in [1.54, 1.807) is 16.8 Å². The molecule has 1 unspecified atom stereocenters. The number of carbonyl (C=O) groups excluding carboxylic acids is 1. The molecule has 3 aromatic carbocycles. The van der Waals surface area contributed by atoms with E-state index in [1.807, 2.05) is 75.4 Å². The zero-order chi connectivity index (χ0) is 22.8. The summed E-state index contributed by atoms with van der Waals surface area (Å²) < 4.78 is 21.2. The van der Waals surface area contributed by atoms with Gasteiger partial charge in [-0.05, 0) is 47.5 Å². The fourth-order valence-electron chi connectivity index (χ4n) is 3.80. The van der Waals surface area contributed by atoms with Crippen LogP contribution < -0.4 is 4.74 Å². The standard InChI is InChI=1S/C26H24FN3O2/c1-25(2,3)24(31)26(30-18-28-17-29-30,19-9-13-21(27)14-10-19)20-11-15-23(16-12-20)32-22-7-5-4-6-8-22/h4-18H,1-3H3. The van der Waals surface area contributed by atoms with Gasteiger partial charge in [0.2, 0.25) is 0 Å². The van der Waals surface area contributed by atoms with Crippen molar-refractivity contribution in [2.75, 3.05) is 0 Å². The molecular formula is C26H24FN3O2. The van der Waals surface area contributed by atoms with Gasteiger partial charge >= 0.3 is 0 Å². The molecule has 6 heteroatoms. The van der Waals surface area contributed by atoms with Crippen LogP contribution in [0.25, 0.3) is 0 Å². The number of nitrogens with zero attached hydrogens (tertiary/aromatic N) is 3. The number of ether oxygens (including phenoxy) is 1. The van der Waals surface area contributed by atoms with E-state index in [-0.39, 0.29) is 11.6 Å². The van der Waals surface area contributed by atoms with Gasteiger partial charge in [-0.15, -0.1) is 0 Å². The lowest BCUT2D eigenvalue weighted by Gasteiger charge is -2.38. The molecule has 0 N–H and O–H groups in total. The number of halogens is 1. The van der Waals surface area contributed by atoms with E-state index in [9.17, 15) is 9.18 Å². The highest BCUT2D eigenvalue weighted by atomic mass is 19.1. The first-order valence-corrected chi connectivity index (χ1v) is 10.3. The third kappa shape index (κ3) is 3.91. The largest absolute Gasteiger partial charge is 0.457 e. The Bertz CT molecular complexity index is 1180. The van der Waals surface area contributed by atoms with Crippen molar-refractivity contribution < 1.29 is 13.9 Å². The number of hydrogen-bond acceptors (Lipinski definition) is 4. The summed E-state index contributed by atoms with van der Waals surface area (Å²) in [6.07, 6.45) is 2.91. The second-order valence-corrected chi connectivity index (χ2v) is 8.58. The molecule has 0 bridgehead atoms. The number of Topliss-reactive ketones (excluding diaryl/α,β-unsaturated/α-hetero) is 1. The second kappa shape index (κ2) is 8.38. The van der Waals surface area contributed by atoms with Crippen LogP contribution in [0, 0.1) is 11.2 Å². The van der Waals surface area contributed by atoms with E-state index in [0.29, 0.717) is 22.6 Å². The number of ketones is 1. The molecule has 0 aliphatic rings. The summed E-state index contributed by atoms with van der Waals surface area (Å²) in [5.41, 5.74) is -0.774. The molecule has 0 spiro atoms. The van der Waals surface area contributed by atoms with Crippen molar-refractivity contribution in [1.29, 1.82) is 0 Å². The van der Waals surface area contributed by atoms with E-state index in [4.69, 9.17) is 4.74 Å². The topological polar surface area (TPSA) is 57.0 Å². The molecule has 0 aliphatic carbocycles. The average molecular weight is 429 g/mol. The van der Waals surface area contributed by atoms with Gasteiger partial charge in [0.05, 0.1) is 0 Å². The van der Waals surface area contributed by atoms with Crippen LogP contribution in [-0.2, 0) is 10.3 Å². The number of carbonyl (C=O) groups is 1. The molecule has 0 saturated carbocycles. The molecule has 5 nitrogen and oxygen atoms in total. The van der Waals surface area contributed by atoms with E-state index in [1.165, 1.54) is 24.8 Å². The minimum Gasteiger partial charge on any atom is -0.457 e. The predicted octanol–water partition coefficient (Wildman–Crippen LogP) is 5.62. The third-order valence-corrected chi connectivity index (χ3v) is 5.29. The van der Waals surface area contributed by atoms with Crippen LogP contribution >= 0.6 is 0 Å². The zero-order valence-corrected chi connectivity index (χ0v) is 18.2. The Morgan fingerprint density at radius 3 is 1.94 bits per heavy atom. The smallest absolute Gasteiger partial charge is 0.174 e. The van der Waals surface area contributed by atoms with Crippen LogP contribution in [0.1, 0.15) is 31.9 Å². The molecule has 0 saturated heterocycles. The summed E-state index contributed by atoms with van der Waals surface area (Å²) in [4.78, 5) is 18.1. The molecule has 162 valence electrons. The maximum Gasteiger partial charge on any atom is 0.174 e. The van der Waals surface area contributed by atoms with E-state index in [2.05, 4.69) is 10.1 Å². The minimum atomic E-state index is -1.33. The van der Waals surface area contributed by atoms with Crippen molar-refractivity contribution in [2.24, 2.45) is 5.41 Å². The molecule has 1 aromatic heterocycles. The number of benzene rings is 3. The minimum absolute atomic E-state index is 0.0983. The maximum absolute atomic E-state index is 14.0. The Kier molecular flexibility index (Phi) is 5.61. The molecule has 0 fully saturated rings. The fraction of sp³-hybridized carbons (Fsp3) is 0.192. The van der Waals surface area contributed by atoms with Crippen molar-refractivity contribution in [2.45, 2.75) is 26.3 Å². The first kappa shape index (κ1) is 21.4. The van der Waals surface area contributed by atoms with E-state index in [0.717, 1.165) is 0 Å². The molecule has 1 heterocycles. The number of hydrogen-bond donors (Lipinski definition) is 0. The summed E-state index contributed by atoms with van der Waals surface area (Å²) in [6.45, 7) is 5.58. The van der Waals surface area contributed by atoms with Crippen molar-refractivity contribution in [3.63, 3.8) is 0 Å². The Morgan fingerprint density at radius 1 is 0.844 bits per heavy atom. The van der Waals surface area contributed by atoms with Crippen molar-refractivity contribution >= 4 is 5.78 Å². The monoisotopic (exact) mass is 429 g/mol. The molecule has 0 radical (unpaired) electrons. The zero-order valence-electron chi connectivity index (χ0n) is 18.2. The molecule has 0 aliphatic heterocycles. The number of rotatable bonds is 6. The Labute approximate surface area is 186 Å². The normalized spacial score (nSPS) is 13.4. The van der Waals surface area contributed by atoms with Crippen LogP contribution in [0.4, 0.5) is 4.39 Å². The predicted molar refractivity (Wildman–Crippen MR) is 120 cm³/mol. The Morgan fingerprint density at radius 2 is 1.41 bits per heavy atom. The average Bonchev–Trinajstić information content (AvgIpc) is 3.32. The quantitative estimate of drug-likeness (QED) is 0.399. The van der Waals surface area contributed by atoms with Crippen LogP contribution in [0.5, 0.6) is 11.5 Å². The van der Waals surface area contributed by atoms with Gasteiger partial charge in [0, 0.05) is 5.41 Å². The van der Waals surface area contributed by atoms with Crippen molar-refractivity contribution in [3.05, 3.63) is 108 Å². The van der Waals surface area contributed by atoms with Gasteiger partial charge in [0.1, 0.15) is 30.0 Å². The highest BCUT2D eigenvalue weighted by Gasteiger charge is 2.49. The van der Waals surface area contributed by atoms with Gasteiger partial charge in [-0.25, -0.2) is 14.1 Å². The molecule has 4 rings (SSSR count). The van der Waals surface area contributed by atoms with Gasteiger partial charge < -0.3 is 4.74 Å². The summed E-state index contributed by atoms with van der Waals surface area (Å²) in [5.74, 6) is 0.872. The summed E-state index contributed by atoms with van der Waals surface area (Å²) in [7, 11) is 0. The van der Waals surface area contributed by atoms with Crippen LogP contribution in [0.2, 0.25) is 0 Å². The first-order valence-electron chi connectivity index (χ1n) is 10.3. The number of para-hydroxylation sites is 1. The maximum atomic E-state index is 14.0. The van der Waals surface area contributed by atoms with Gasteiger partial charge in [0.15, 0.2) is 11.3 Å². The van der Waals surface area contributed by atoms with Gasteiger partial charge in [-0.2, -0.15) is 5.10 Å². The lowest BCUT2D eigenvalue weighted by atomic mass is 9.70. The molecule has 32 heavy (non-hydrogen) atoms. The lowest BCUT2D eigenvalue weighted by Crippen LogP contribution is -2.49. The summed E-state index contributed by atoms with van der Waals surface area (Å²) in [6, 6.07) is 22.7. The highest BCUT2D eigenvalue weighted by Crippen LogP contribution is 2.41. The van der Waals surface area contributed by atoms with Crippen LogP contribution in [0.15, 0.2) is 91.5 Å². The number of aromatic nitrogens is 3. The van der Waals surface area contributed by atoms with E-state index >= 15 is 0 Å². The third-order valence-electron chi connectivity index (χ3n) is 5.29. The van der Waals surface area contributed by atoms with Crippen molar-refractivity contribution in [1.82, 2.24) is 14.8 Å². The van der Waals surface area contributed by atoms with Crippen LogP contribution in [0.3, 0.4) is 0 Å². The summed E-state index contributed by atoms with van der Waals surface area (Å²) >= 11 is 0. The first-order chi connectivity index (χ1) is 15.3. The SMILES string of the molecule is CC(C)(C)C(=O)C(c1ccc(F)cc1)(c1ccc(Oc2ccccc2)cc1)n1cncn1. The van der Waals surface area contributed by atoms with Crippen molar-refractivity contribution in [3.8, 4) is 11.5 Å². The fourth-order valence-corrected chi connectivity index (χ4v) is 3.80. The molecule has 0 amide bonds. The molecule has 1 atom stereocenters. The summed E-state index contributed by atoms with van der Waals surface area (Å²) in [5, 5.41) is 4.35.